The highest BCUT2D eigenvalue weighted by molar-refractivity contribution is 9.10. The molecule has 84 valence electrons. The molecule has 2 aromatic heterocycles. The molecule has 1 aliphatic heterocycles. The van der Waals surface area contributed by atoms with E-state index >= 15 is 0 Å². The first kappa shape index (κ1) is 10.2. The number of nitrogens with zero attached hydrogens (tertiary/aromatic N) is 3. The predicted octanol–water partition coefficient (Wildman–Crippen LogP) is 1.13. The van der Waals surface area contributed by atoms with Gasteiger partial charge in [-0.05, 0) is 28.1 Å². The summed E-state index contributed by atoms with van der Waals surface area (Å²) in [5, 5.41) is 14.1. The standard InChI is InChI=1S/C10H10BrN3O2/c11-10-2-1-6-7(12-10)3-14(13-6)8-4-16-5-9(8)15/h1-3,8-9,15H,4-5H2/t8-,9-/m0/s1. The van der Waals surface area contributed by atoms with Crippen molar-refractivity contribution in [2.45, 2.75) is 12.1 Å². The van der Waals surface area contributed by atoms with E-state index in [1.165, 1.54) is 0 Å². The van der Waals surface area contributed by atoms with E-state index in [9.17, 15) is 5.11 Å². The third-order valence-electron chi connectivity index (χ3n) is 2.71. The first-order valence-electron chi connectivity index (χ1n) is 5.01. The fourth-order valence-electron chi connectivity index (χ4n) is 1.86. The lowest BCUT2D eigenvalue weighted by Gasteiger charge is -2.11. The molecule has 2 atom stereocenters. The Morgan fingerprint density at radius 1 is 1.38 bits per heavy atom. The van der Waals surface area contributed by atoms with Crippen LogP contribution in [0.3, 0.4) is 0 Å². The van der Waals surface area contributed by atoms with Gasteiger partial charge in [-0.3, -0.25) is 4.68 Å². The van der Waals surface area contributed by atoms with Crippen LogP contribution < -0.4 is 0 Å². The van der Waals surface area contributed by atoms with Gasteiger partial charge in [-0.1, -0.05) is 0 Å². The van der Waals surface area contributed by atoms with Crippen LogP contribution in [0.2, 0.25) is 0 Å². The molecule has 0 aromatic carbocycles. The maximum atomic E-state index is 9.71. The van der Waals surface area contributed by atoms with Crippen LogP contribution in [0.25, 0.3) is 11.0 Å². The average Bonchev–Trinajstić information content (AvgIpc) is 2.82. The topological polar surface area (TPSA) is 60.2 Å². The monoisotopic (exact) mass is 283 g/mol. The molecule has 0 saturated carbocycles. The van der Waals surface area contributed by atoms with Crippen LogP contribution in [0.1, 0.15) is 6.04 Å². The Bertz CT molecular complexity index is 528. The first-order valence-corrected chi connectivity index (χ1v) is 5.80. The zero-order valence-electron chi connectivity index (χ0n) is 8.38. The van der Waals surface area contributed by atoms with E-state index in [2.05, 4.69) is 26.0 Å². The van der Waals surface area contributed by atoms with Gasteiger partial charge in [0.05, 0.1) is 19.4 Å². The predicted molar refractivity (Wildman–Crippen MR) is 61.1 cm³/mol. The summed E-state index contributed by atoms with van der Waals surface area (Å²) >= 11 is 3.31. The molecule has 0 amide bonds. The van der Waals surface area contributed by atoms with Crippen LogP contribution in [-0.2, 0) is 4.74 Å². The van der Waals surface area contributed by atoms with Gasteiger partial charge in [0.1, 0.15) is 27.8 Å². The van der Waals surface area contributed by atoms with Crippen molar-refractivity contribution < 1.29 is 9.84 Å². The van der Waals surface area contributed by atoms with Gasteiger partial charge < -0.3 is 9.84 Å². The number of aliphatic hydroxyl groups excluding tert-OH is 1. The molecule has 1 fully saturated rings. The smallest absolute Gasteiger partial charge is 0.111 e. The number of aromatic nitrogens is 3. The number of halogens is 1. The van der Waals surface area contributed by atoms with Crippen molar-refractivity contribution >= 4 is 27.0 Å². The molecule has 0 unspecified atom stereocenters. The Labute approximate surface area is 100 Å². The highest BCUT2D eigenvalue weighted by Gasteiger charge is 2.28. The average molecular weight is 284 g/mol. The van der Waals surface area contributed by atoms with Gasteiger partial charge in [0.25, 0.3) is 0 Å². The number of fused-ring (bicyclic) bond motifs is 1. The molecule has 1 saturated heterocycles. The molecule has 3 rings (SSSR count). The molecule has 5 nitrogen and oxygen atoms in total. The molecule has 0 spiro atoms. The minimum Gasteiger partial charge on any atom is -0.388 e. The minimum atomic E-state index is -0.488. The molecule has 1 aliphatic rings. The third kappa shape index (κ3) is 1.63. The van der Waals surface area contributed by atoms with Gasteiger partial charge in [-0.15, -0.1) is 0 Å². The van der Waals surface area contributed by atoms with E-state index in [0.29, 0.717) is 13.2 Å². The van der Waals surface area contributed by atoms with E-state index in [-0.39, 0.29) is 6.04 Å². The molecule has 0 bridgehead atoms. The van der Waals surface area contributed by atoms with E-state index in [4.69, 9.17) is 4.74 Å². The number of pyridine rings is 1. The Kier molecular flexibility index (Phi) is 2.42. The maximum absolute atomic E-state index is 9.71. The second kappa shape index (κ2) is 3.80. The fraction of sp³-hybridized carbons (Fsp3) is 0.400. The van der Waals surface area contributed by atoms with Gasteiger partial charge in [-0.25, -0.2) is 4.98 Å². The number of hydrogen-bond donors (Lipinski definition) is 1. The van der Waals surface area contributed by atoms with E-state index in [0.717, 1.165) is 15.6 Å². The molecule has 1 N–H and O–H groups in total. The second-order valence-corrected chi connectivity index (χ2v) is 4.63. The molecule has 3 heterocycles. The van der Waals surface area contributed by atoms with Crippen molar-refractivity contribution in [2.24, 2.45) is 0 Å². The third-order valence-corrected chi connectivity index (χ3v) is 3.15. The van der Waals surface area contributed by atoms with Gasteiger partial charge in [0.15, 0.2) is 0 Å². The van der Waals surface area contributed by atoms with Crippen molar-refractivity contribution in [3.05, 3.63) is 22.9 Å². The van der Waals surface area contributed by atoms with Crippen molar-refractivity contribution in [3.63, 3.8) is 0 Å². The Morgan fingerprint density at radius 3 is 3.00 bits per heavy atom. The van der Waals surface area contributed by atoms with Crippen molar-refractivity contribution in [3.8, 4) is 0 Å². The summed E-state index contributed by atoms with van der Waals surface area (Å²) in [5.41, 5.74) is 1.63. The summed E-state index contributed by atoms with van der Waals surface area (Å²) in [4.78, 5) is 4.30. The van der Waals surface area contributed by atoms with Crippen LogP contribution in [-0.4, -0.2) is 39.2 Å². The molecule has 2 aromatic rings. The number of aliphatic hydroxyl groups is 1. The SMILES string of the molecule is O[C@H]1COC[C@@H]1n1cc2nc(Br)ccc2n1. The molecular formula is C10H10BrN3O2. The zero-order chi connectivity index (χ0) is 11.1. The number of rotatable bonds is 1. The summed E-state index contributed by atoms with van der Waals surface area (Å²) in [6, 6.07) is 3.64. The molecule has 6 heteroatoms. The van der Waals surface area contributed by atoms with Crippen LogP contribution in [0.4, 0.5) is 0 Å². The first-order chi connectivity index (χ1) is 7.74. The Hall–Kier alpha value is -0.980. The minimum absolute atomic E-state index is 0.104. The van der Waals surface area contributed by atoms with E-state index in [1.54, 1.807) is 4.68 Å². The van der Waals surface area contributed by atoms with Crippen LogP contribution in [0.5, 0.6) is 0 Å². The number of hydrogen-bond acceptors (Lipinski definition) is 4. The Morgan fingerprint density at radius 2 is 2.25 bits per heavy atom. The van der Waals surface area contributed by atoms with Crippen molar-refractivity contribution in [1.29, 1.82) is 0 Å². The summed E-state index contributed by atoms with van der Waals surface area (Å²) in [5.74, 6) is 0. The number of ether oxygens (including phenoxy) is 1. The van der Waals surface area contributed by atoms with Crippen LogP contribution in [0, 0.1) is 0 Å². The van der Waals surface area contributed by atoms with Gasteiger partial charge in [0.2, 0.25) is 0 Å². The van der Waals surface area contributed by atoms with E-state index < -0.39 is 6.10 Å². The highest BCUT2D eigenvalue weighted by Crippen LogP contribution is 2.22. The van der Waals surface area contributed by atoms with Gasteiger partial charge >= 0.3 is 0 Å². The summed E-state index contributed by atoms with van der Waals surface area (Å²) in [7, 11) is 0. The molecule has 0 aliphatic carbocycles. The summed E-state index contributed by atoms with van der Waals surface area (Å²) < 4.78 is 7.72. The second-order valence-electron chi connectivity index (χ2n) is 3.82. The highest BCUT2D eigenvalue weighted by atomic mass is 79.9. The fourth-order valence-corrected chi connectivity index (χ4v) is 2.18. The zero-order valence-corrected chi connectivity index (χ0v) is 9.96. The lowest BCUT2D eigenvalue weighted by Crippen LogP contribution is -2.22. The lowest BCUT2D eigenvalue weighted by molar-refractivity contribution is 0.118. The van der Waals surface area contributed by atoms with E-state index in [1.807, 2.05) is 18.3 Å². The van der Waals surface area contributed by atoms with Crippen LogP contribution >= 0.6 is 15.9 Å². The van der Waals surface area contributed by atoms with Gasteiger partial charge in [0, 0.05) is 0 Å². The maximum Gasteiger partial charge on any atom is 0.111 e. The van der Waals surface area contributed by atoms with Crippen molar-refractivity contribution in [1.82, 2.24) is 14.8 Å². The summed E-state index contributed by atoms with van der Waals surface area (Å²) in [6.45, 7) is 0.869. The van der Waals surface area contributed by atoms with Gasteiger partial charge in [-0.2, -0.15) is 5.10 Å². The molecule has 16 heavy (non-hydrogen) atoms. The van der Waals surface area contributed by atoms with Crippen molar-refractivity contribution in [2.75, 3.05) is 13.2 Å². The summed E-state index contributed by atoms with van der Waals surface area (Å²) in [6.07, 6.45) is 1.35. The molecular weight excluding hydrogens is 274 g/mol. The largest absolute Gasteiger partial charge is 0.388 e. The quantitative estimate of drug-likeness (QED) is 0.797. The van der Waals surface area contributed by atoms with Crippen LogP contribution in [0.15, 0.2) is 22.9 Å². The normalized spacial score (nSPS) is 25.4. The molecule has 0 radical (unpaired) electrons. The lowest BCUT2D eigenvalue weighted by atomic mass is 10.2. The Balaban J connectivity index is 2.04.